The van der Waals surface area contributed by atoms with Gasteiger partial charge in [0.1, 0.15) is 0 Å². The summed E-state index contributed by atoms with van der Waals surface area (Å²) in [6.07, 6.45) is 7.60. The molecule has 0 spiro atoms. The predicted molar refractivity (Wildman–Crippen MR) is 74.0 cm³/mol. The molecule has 0 aliphatic carbocycles. The SMILES string of the molecule is C=C/C=C\C(=C/C)CN1CC(C)NC1=O.CC. The van der Waals surface area contributed by atoms with Crippen molar-refractivity contribution < 1.29 is 4.79 Å². The number of nitrogens with one attached hydrogen (secondary N) is 1. The Morgan fingerprint density at radius 3 is 2.65 bits per heavy atom. The van der Waals surface area contributed by atoms with Crippen LogP contribution in [0.2, 0.25) is 0 Å². The van der Waals surface area contributed by atoms with Crippen LogP contribution in [0.5, 0.6) is 0 Å². The predicted octanol–water partition coefficient (Wildman–Crippen LogP) is 3.11. The molecule has 0 aromatic rings. The Balaban J connectivity index is 0.00000121. The molecule has 1 saturated heterocycles. The number of amides is 2. The summed E-state index contributed by atoms with van der Waals surface area (Å²) in [6, 6.07) is 0.271. The minimum atomic E-state index is 0.0221. The maximum atomic E-state index is 11.5. The summed E-state index contributed by atoms with van der Waals surface area (Å²) in [5.41, 5.74) is 1.12. The van der Waals surface area contributed by atoms with E-state index in [1.54, 1.807) is 6.08 Å². The normalized spacial score (nSPS) is 20.0. The molecular weight excluding hydrogens is 212 g/mol. The second-order valence-corrected chi connectivity index (χ2v) is 3.69. The Labute approximate surface area is 105 Å². The van der Waals surface area contributed by atoms with Crippen LogP contribution in [-0.2, 0) is 0 Å². The van der Waals surface area contributed by atoms with Gasteiger partial charge in [-0.15, -0.1) is 0 Å². The third kappa shape index (κ3) is 5.38. The average molecular weight is 236 g/mol. The highest BCUT2D eigenvalue weighted by molar-refractivity contribution is 5.77. The molecule has 3 heteroatoms. The molecule has 1 heterocycles. The number of urea groups is 1. The van der Waals surface area contributed by atoms with Crippen LogP contribution in [0, 0.1) is 0 Å². The second-order valence-electron chi connectivity index (χ2n) is 3.69. The number of carbonyl (C=O) groups is 1. The van der Waals surface area contributed by atoms with Crippen molar-refractivity contribution in [3.05, 3.63) is 36.5 Å². The van der Waals surface area contributed by atoms with E-state index >= 15 is 0 Å². The van der Waals surface area contributed by atoms with Gasteiger partial charge in [-0.25, -0.2) is 4.79 Å². The summed E-state index contributed by atoms with van der Waals surface area (Å²) >= 11 is 0. The van der Waals surface area contributed by atoms with Crippen molar-refractivity contribution in [1.29, 1.82) is 0 Å². The fourth-order valence-corrected chi connectivity index (χ4v) is 1.55. The van der Waals surface area contributed by atoms with Crippen molar-refractivity contribution >= 4 is 6.03 Å². The van der Waals surface area contributed by atoms with Gasteiger partial charge in [-0.1, -0.05) is 44.7 Å². The van der Waals surface area contributed by atoms with Crippen LogP contribution in [0.15, 0.2) is 36.5 Å². The van der Waals surface area contributed by atoms with Gasteiger partial charge >= 0.3 is 6.03 Å². The number of carbonyl (C=O) groups excluding carboxylic acids is 1. The number of hydrogen-bond acceptors (Lipinski definition) is 1. The van der Waals surface area contributed by atoms with Crippen LogP contribution in [-0.4, -0.2) is 30.1 Å². The molecule has 3 nitrogen and oxygen atoms in total. The molecule has 1 unspecified atom stereocenters. The third-order valence-corrected chi connectivity index (χ3v) is 2.34. The molecule has 0 bridgehead atoms. The number of nitrogens with zero attached hydrogens (tertiary/aromatic N) is 1. The summed E-state index contributed by atoms with van der Waals surface area (Å²) in [5, 5.41) is 2.87. The third-order valence-electron chi connectivity index (χ3n) is 2.34. The molecule has 1 atom stereocenters. The van der Waals surface area contributed by atoms with E-state index in [-0.39, 0.29) is 12.1 Å². The summed E-state index contributed by atoms with van der Waals surface area (Å²) in [4.78, 5) is 13.3. The van der Waals surface area contributed by atoms with Gasteiger partial charge in [0.15, 0.2) is 0 Å². The monoisotopic (exact) mass is 236 g/mol. The van der Waals surface area contributed by atoms with E-state index < -0.39 is 0 Å². The lowest BCUT2D eigenvalue weighted by Crippen LogP contribution is -2.29. The number of rotatable bonds is 4. The molecular formula is C14H24N2O. The minimum absolute atomic E-state index is 0.0221. The zero-order valence-electron chi connectivity index (χ0n) is 11.4. The van der Waals surface area contributed by atoms with E-state index in [0.29, 0.717) is 6.54 Å². The Kier molecular flexibility index (Phi) is 7.85. The zero-order chi connectivity index (χ0) is 13.3. The highest BCUT2D eigenvalue weighted by Crippen LogP contribution is 2.08. The second kappa shape index (κ2) is 8.62. The largest absolute Gasteiger partial charge is 0.334 e. The molecule has 0 aromatic heterocycles. The fraction of sp³-hybridized carbons (Fsp3) is 0.500. The van der Waals surface area contributed by atoms with Crippen LogP contribution < -0.4 is 5.32 Å². The highest BCUT2D eigenvalue weighted by atomic mass is 16.2. The summed E-state index contributed by atoms with van der Waals surface area (Å²) in [6.45, 7) is 13.0. The molecule has 1 N–H and O–H groups in total. The first-order chi connectivity index (χ1) is 8.17. The maximum Gasteiger partial charge on any atom is 0.318 e. The fourth-order valence-electron chi connectivity index (χ4n) is 1.55. The van der Waals surface area contributed by atoms with Gasteiger partial charge in [-0.2, -0.15) is 0 Å². The van der Waals surface area contributed by atoms with Crippen molar-refractivity contribution in [3.8, 4) is 0 Å². The lowest BCUT2D eigenvalue weighted by Gasteiger charge is -2.14. The van der Waals surface area contributed by atoms with Crippen LogP contribution in [0.4, 0.5) is 4.79 Å². The first kappa shape index (κ1) is 15.5. The lowest BCUT2D eigenvalue weighted by molar-refractivity contribution is 0.221. The maximum absolute atomic E-state index is 11.5. The smallest absolute Gasteiger partial charge is 0.318 e. The van der Waals surface area contributed by atoms with Crippen LogP contribution in [0.3, 0.4) is 0 Å². The van der Waals surface area contributed by atoms with E-state index in [9.17, 15) is 4.79 Å². The quantitative estimate of drug-likeness (QED) is 0.747. The van der Waals surface area contributed by atoms with Crippen LogP contribution in [0.25, 0.3) is 0 Å². The Hall–Kier alpha value is -1.51. The molecule has 2 amide bonds. The molecule has 0 saturated carbocycles. The van der Waals surface area contributed by atoms with Gasteiger partial charge in [0.05, 0.1) is 0 Å². The van der Waals surface area contributed by atoms with Gasteiger partial charge in [0, 0.05) is 19.1 Å². The average Bonchev–Trinajstić information content (AvgIpc) is 2.65. The molecule has 1 fully saturated rings. The number of hydrogen-bond donors (Lipinski definition) is 1. The van der Waals surface area contributed by atoms with Crippen molar-refractivity contribution in [3.63, 3.8) is 0 Å². The molecule has 96 valence electrons. The van der Waals surface area contributed by atoms with Crippen molar-refractivity contribution in [2.45, 2.75) is 33.7 Å². The van der Waals surface area contributed by atoms with E-state index in [0.717, 1.165) is 12.1 Å². The van der Waals surface area contributed by atoms with E-state index in [1.807, 2.05) is 50.8 Å². The first-order valence-electron chi connectivity index (χ1n) is 6.17. The van der Waals surface area contributed by atoms with E-state index in [4.69, 9.17) is 0 Å². The molecule has 1 rings (SSSR count). The Morgan fingerprint density at radius 1 is 1.59 bits per heavy atom. The Morgan fingerprint density at radius 2 is 2.24 bits per heavy atom. The first-order valence-corrected chi connectivity index (χ1v) is 6.17. The van der Waals surface area contributed by atoms with Crippen molar-refractivity contribution in [2.24, 2.45) is 0 Å². The standard InChI is InChI=1S/C12H18N2O.C2H6/c1-4-6-7-11(5-2)9-14-8-10(3)13-12(14)15;1-2/h4-7,10H,1,8-9H2,2-3H3,(H,13,15);1-2H3/b7-6-,11-5+;. The summed E-state index contributed by atoms with van der Waals surface area (Å²) < 4.78 is 0. The molecule has 17 heavy (non-hydrogen) atoms. The van der Waals surface area contributed by atoms with E-state index in [2.05, 4.69) is 11.9 Å². The highest BCUT2D eigenvalue weighted by Gasteiger charge is 2.25. The zero-order valence-corrected chi connectivity index (χ0v) is 11.4. The van der Waals surface area contributed by atoms with Gasteiger partial charge in [0.25, 0.3) is 0 Å². The van der Waals surface area contributed by atoms with E-state index in [1.165, 1.54) is 0 Å². The van der Waals surface area contributed by atoms with Gasteiger partial charge in [-0.3, -0.25) is 0 Å². The van der Waals surface area contributed by atoms with Crippen molar-refractivity contribution in [2.75, 3.05) is 13.1 Å². The molecule has 1 aliphatic heterocycles. The Bertz CT molecular complexity index is 305. The molecule has 1 aliphatic rings. The van der Waals surface area contributed by atoms with Crippen molar-refractivity contribution in [1.82, 2.24) is 10.2 Å². The van der Waals surface area contributed by atoms with Gasteiger partial charge in [-0.05, 0) is 19.4 Å². The number of allylic oxidation sites excluding steroid dienone is 3. The van der Waals surface area contributed by atoms with Gasteiger partial charge in [0.2, 0.25) is 0 Å². The summed E-state index contributed by atoms with van der Waals surface area (Å²) in [7, 11) is 0. The lowest BCUT2D eigenvalue weighted by atomic mass is 10.2. The topological polar surface area (TPSA) is 32.3 Å². The minimum Gasteiger partial charge on any atom is -0.334 e. The van der Waals surface area contributed by atoms with Gasteiger partial charge < -0.3 is 10.2 Å². The molecule has 0 aromatic carbocycles. The van der Waals surface area contributed by atoms with Crippen LogP contribution >= 0.6 is 0 Å². The summed E-state index contributed by atoms with van der Waals surface area (Å²) in [5.74, 6) is 0. The molecule has 0 radical (unpaired) electrons. The van der Waals surface area contributed by atoms with Crippen LogP contribution in [0.1, 0.15) is 27.7 Å².